The predicted molar refractivity (Wildman–Crippen MR) is 138 cm³/mol. The summed E-state index contributed by atoms with van der Waals surface area (Å²) in [6.45, 7) is 2.43. The normalized spacial score (nSPS) is 10.9. The summed E-state index contributed by atoms with van der Waals surface area (Å²) in [5.41, 5.74) is 5.50. The standard InChI is InChI=1S/C26H25F3N6O5/c1-14-11-16(23(40-13-36)22(29)19(14)26(37)32-7-10-39-9-5-30)34-24-25-33-12-17(35(25)8-6-31-24)15-3-4-18(38-2)21(28)20(15)27/h3-4,6,8,11-13H,5,7,9-10,30H2,1-2H3,(H,31,34)(H,32,37). The van der Waals surface area contributed by atoms with Gasteiger partial charge in [-0.05, 0) is 30.7 Å². The minimum absolute atomic E-state index is 0.0178. The van der Waals surface area contributed by atoms with E-state index in [-0.39, 0.29) is 64.9 Å². The molecule has 4 rings (SSSR count). The van der Waals surface area contributed by atoms with Crippen molar-refractivity contribution in [1.82, 2.24) is 19.7 Å². The number of nitrogens with two attached hydrogens (primary N) is 1. The number of nitrogens with zero attached hydrogens (tertiary/aromatic N) is 3. The average molecular weight is 559 g/mol. The number of fused-ring (bicyclic) bond motifs is 1. The Morgan fingerprint density at radius 3 is 2.67 bits per heavy atom. The molecule has 0 fully saturated rings. The van der Waals surface area contributed by atoms with Crippen molar-refractivity contribution in [3.8, 4) is 22.8 Å². The third kappa shape index (κ3) is 5.53. The van der Waals surface area contributed by atoms with Gasteiger partial charge in [0.1, 0.15) is 0 Å². The summed E-state index contributed by atoms with van der Waals surface area (Å²) in [5, 5.41) is 5.39. The average Bonchev–Trinajstić information content (AvgIpc) is 3.37. The largest absolute Gasteiger partial charge is 0.494 e. The Morgan fingerprint density at radius 2 is 1.95 bits per heavy atom. The van der Waals surface area contributed by atoms with E-state index in [1.54, 1.807) is 0 Å². The highest BCUT2D eigenvalue weighted by atomic mass is 19.2. The molecule has 4 N–H and O–H groups in total. The Bertz CT molecular complexity index is 1560. The second-order valence-corrected chi connectivity index (χ2v) is 8.31. The minimum Gasteiger partial charge on any atom is -0.494 e. The van der Waals surface area contributed by atoms with Crippen molar-refractivity contribution in [2.45, 2.75) is 6.92 Å². The molecule has 0 spiro atoms. The van der Waals surface area contributed by atoms with E-state index in [2.05, 4.69) is 20.6 Å². The van der Waals surface area contributed by atoms with E-state index in [4.69, 9.17) is 19.9 Å². The van der Waals surface area contributed by atoms with Crippen LogP contribution in [0, 0.1) is 24.4 Å². The van der Waals surface area contributed by atoms with Gasteiger partial charge in [0.05, 0.1) is 43.5 Å². The second-order valence-electron chi connectivity index (χ2n) is 8.31. The zero-order chi connectivity index (χ0) is 28.8. The van der Waals surface area contributed by atoms with Gasteiger partial charge < -0.3 is 30.6 Å². The molecule has 1 amide bonds. The predicted octanol–water partition coefficient (Wildman–Crippen LogP) is 3.11. The number of benzene rings is 2. The molecule has 0 saturated heterocycles. The van der Waals surface area contributed by atoms with E-state index in [1.165, 1.54) is 55.2 Å². The Kier molecular flexibility index (Phi) is 8.81. The topological polar surface area (TPSA) is 142 Å². The molecule has 0 atom stereocenters. The fraction of sp³-hybridized carbons (Fsp3) is 0.231. The number of ether oxygens (including phenoxy) is 3. The van der Waals surface area contributed by atoms with Crippen molar-refractivity contribution in [2.75, 3.05) is 38.7 Å². The number of imidazole rings is 1. The summed E-state index contributed by atoms with van der Waals surface area (Å²) < 4.78 is 61.0. The SMILES string of the molecule is COc1ccc(-c2cnc3c(Nc4cc(C)c(C(=O)NCCOCCN)c(F)c4OC=O)nccn23)c(F)c1F. The van der Waals surface area contributed by atoms with Gasteiger partial charge in [0, 0.05) is 31.0 Å². The number of hydrogen-bond acceptors (Lipinski definition) is 9. The van der Waals surface area contributed by atoms with Gasteiger partial charge in [-0.2, -0.15) is 4.39 Å². The number of anilines is 2. The Labute approximate surface area is 226 Å². The molecule has 14 heteroatoms. The number of methoxy groups -OCH3 is 1. The lowest BCUT2D eigenvalue weighted by molar-refractivity contribution is -0.120. The van der Waals surface area contributed by atoms with Crippen molar-refractivity contribution in [1.29, 1.82) is 0 Å². The molecule has 4 aromatic rings. The number of amides is 1. The van der Waals surface area contributed by atoms with Crippen LogP contribution in [0.2, 0.25) is 0 Å². The summed E-state index contributed by atoms with van der Waals surface area (Å²) in [4.78, 5) is 32.3. The van der Waals surface area contributed by atoms with Gasteiger partial charge in [0.25, 0.3) is 12.4 Å². The highest BCUT2D eigenvalue weighted by molar-refractivity contribution is 5.97. The minimum atomic E-state index is -1.16. The summed E-state index contributed by atoms with van der Waals surface area (Å²) >= 11 is 0. The second kappa shape index (κ2) is 12.4. The lowest BCUT2D eigenvalue weighted by Gasteiger charge is -2.16. The summed E-state index contributed by atoms with van der Waals surface area (Å²) in [6, 6.07) is 4.03. The van der Waals surface area contributed by atoms with Crippen molar-refractivity contribution < 1.29 is 37.0 Å². The van der Waals surface area contributed by atoms with Crippen LogP contribution >= 0.6 is 0 Å². The highest BCUT2D eigenvalue weighted by Crippen LogP contribution is 2.36. The van der Waals surface area contributed by atoms with Crippen LogP contribution in [-0.2, 0) is 9.53 Å². The first kappa shape index (κ1) is 28.3. The smallest absolute Gasteiger partial charge is 0.298 e. The first-order chi connectivity index (χ1) is 19.3. The Morgan fingerprint density at radius 1 is 1.15 bits per heavy atom. The lowest BCUT2D eigenvalue weighted by Crippen LogP contribution is -2.29. The molecule has 0 aliphatic heterocycles. The summed E-state index contributed by atoms with van der Waals surface area (Å²) in [6.07, 6.45) is 4.14. The maximum Gasteiger partial charge on any atom is 0.298 e. The first-order valence-corrected chi connectivity index (χ1v) is 11.9. The number of aromatic nitrogens is 3. The number of carbonyl (C=O) groups is 2. The molecule has 2 heterocycles. The molecule has 2 aromatic carbocycles. The van der Waals surface area contributed by atoms with E-state index in [1.807, 2.05) is 0 Å². The van der Waals surface area contributed by atoms with Crippen LogP contribution < -0.4 is 25.8 Å². The molecule has 0 aliphatic carbocycles. The Hall–Kier alpha value is -4.69. The van der Waals surface area contributed by atoms with Gasteiger partial charge in [-0.25, -0.2) is 18.7 Å². The van der Waals surface area contributed by atoms with E-state index < -0.39 is 29.1 Å². The van der Waals surface area contributed by atoms with Gasteiger partial charge in [0.15, 0.2) is 34.6 Å². The van der Waals surface area contributed by atoms with Gasteiger partial charge in [-0.1, -0.05) is 0 Å². The molecular formula is C26H25F3N6O5. The van der Waals surface area contributed by atoms with E-state index in [0.717, 1.165) is 0 Å². The van der Waals surface area contributed by atoms with Crippen molar-refractivity contribution >= 4 is 29.5 Å². The van der Waals surface area contributed by atoms with E-state index in [0.29, 0.717) is 13.2 Å². The highest BCUT2D eigenvalue weighted by Gasteiger charge is 2.24. The molecule has 0 unspecified atom stereocenters. The summed E-state index contributed by atoms with van der Waals surface area (Å²) in [7, 11) is 1.22. The third-order valence-corrected chi connectivity index (χ3v) is 5.83. The number of aryl methyl sites for hydroxylation is 1. The summed E-state index contributed by atoms with van der Waals surface area (Å²) in [5.74, 6) is -4.84. The van der Waals surface area contributed by atoms with Crippen LogP contribution in [0.1, 0.15) is 15.9 Å². The maximum absolute atomic E-state index is 15.5. The zero-order valence-corrected chi connectivity index (χ0v) is 21.5. The van der Waals surface area contributed by atoms with Crippen LogP contribution in [0.25, 0.3) is 16.9 Å². The molecular weight excluding hydrogens is 533 g/mol. The molecule has 210 valence electrons. The van der Waals surface area contributed by atoms with Crippen LogP contribution in [0.15, 0.2) is 36.8 Å². The molecule has 40 heavy (non-hydrogen) atoms. The molecule has 0 saturated carbocycles. The van der Waals surface area contributed by atoms with E-state index >= 15 is 4.39 Å². The van der Waals surface area contributed by atoms with Crippen LogP contribution in [0.3, 0.4) is 0 Å². The van der Waals surface area contributed by atoms with Gasteiger partial charge in [-0.15, -0.1) is 0 Å². The number of rotatable bonds is 12. The molecule has 11 nitrogen and oxygen atoms in total. The van der Waals surface area contributed by atoms with Gasteiger partial charge >= 0.3 is 0 Å². The van der Waals surface area contributed by atoms with Crippen LogP contribution in [0.4, 0.5) is 24.7 Å². The van der Waals surface area contributed by atoms with Crippen LogP contribution in [0.5, 0.6) is 11.5 Å². The number of carbonyl (C=O) groups excluding carboxylic acids is 2. The number of halogens is 3. The number of hydrogen-bond donors (Lipinski definition) is 3. The van der Waals surface area contributed by atoms with Crippen molar-refractivity contribution in [2.24, 2.45) is 5.73 Å². The van der Waals surface area contributed by atoms with Crippen LogP contribution in [-0.4, -0.2) is 60.2 Å². The fourth-order valence-corrected chi connectivity index (χ4v) is 4.03. The molecule has 0 aliphatic rings. The van der Waals surface area contributed by atoms with Gasteiger partial charge in [0.2, 0.25) is 5.82 Å². The van der Waals surface area contributed by atoms with Gasteiger partial charge in [-0.3, -0.25) is 14.0 Å². The Balaban J connectivity index is 1.69. The molecule has 2 aromatic heterocycles. The number of nitrogens with one attached hydrogen (secondary N) is 2. The molecule has 0 radical (unpaired) electrons. The molecule has 0 bridgehead atoms. The maximum atomic E-state index is 15.5. The van der Waals surface area contributed by atoms with E-state index in [9.17, 15) is 18.4 Å². The fourth-order valence-electron chi connectivity index (χ4n) is 4.03. The zero-order valence-electron chi connectivity index (χ0n) is 21.5. The third-order valence-electron chi connectivity index (χ3n) is 5.83. The lowest BCUT2D eigenvalue weighted by atomic mass is 10.0. The quantitative estimate of drug-likeness (QED) is 0.177. The van der Waals surface area contributed by atoms with Crippen molar-refractivity contribution in [3.63, 3.8) is 0 Å². The van der Waals surface area contributed by atoms with Crippen molar-refractivity contribution in [3.05, 3.63) is 65.4 Å². The first-order valence-electron chi connectivity index (χ1n) is 11.9. The monoisotopic (exact) mass is 558 g/mol.